The zero-order valence-corrected chi connectivity index (χ0v) is 50.6. The molecule has 0 unspecified atom stereocenters. The van der Waals surface area contributed by atoms with E-state index in [-0.39, 0.29) is 64.6 Å². The summed E-state index contributed by atoms with van der Waals surface area (Å²) in [6.45, 7) is 20.9. The predicted octanol–water partition coefficient (Wildman–Crippen LogP) is 10.7. The van der Waals surface area contributed by atoms with Gasteiger partial charge in [-0.15, -0.1) is 0 Å². The summed E-state index contributed by atoms with van der Waals surface area (Å²) in [5.74, 6) is -0.190. The molecule has 80 heavy (non-hydrogen) atoms. The minimum Gasteiger partial charge on any atom is -0.493 e. The molecule has 19 heteroatoms. The number of carbonyl (C=O) groups excluding carboxylic acids is 6. The maximum Gasteiger partial charge on any atom is 0.407 e. The van der Waals surface area contributed by atoms with Crippen LogP contribution in [0.3, 0.4) is 0 Å². The first-order valence-electron chi connectivity index (χ1n) is 29.8. The van der Waals surface area contributed by atoms with Gasteiger partial charge in [-0.25, -0.2) is 9.59 Å². The van der Waals surface area contributed by atoms with E-state index >= 15 is 0 Å². The van der Waals surface area contributed by atoms with Crippen molar-refractivity contribution in [1.29, 1.82) is 0 Å². The molecule has 1 aliphatic carbocycles. The number of amides is 6. The molecule has 0 atom stereocenters. The monoisotopic (exact) mass is 1120 g/mol. The van der Waals surface area contributed by atoms with Crippen LogP contribution >= 0.6 is 0 Å². The van der Waals surface area contributed by atoms with Crippen molar-refractivity contribution in [3.63, 3.8) is 0 Å². The van der Waals surface area contributed by atoms with E-state index in [2.05, 4.69) is 45.7 Å². The zero-order valence-electron chi connectivity index (χ0n) is 50.6. The van der Waals surface area contributed by atoms with Gasteiger partial charge in [0.05, 0.1) is 48.7 Å². The molecule has 2 aromatic carbocycles. The Bertz CT molecular complexity index is 2200. The Labute approximate surface area is 478 Å². The number of carbonyl (C=O) groups is 6. The van der Waals surface area contributed by atoms with Crippen LogP contribution in [0.1, 0.15) is 226 Å². The molecule has 3 rings (SSSR count). The van der Waals surface area contributed by atoms with Crippen molar-refractivity contribution in [2.75, 3.05) is 73.2 Å². The van der Waals surface area contributed by atoms with Gasteiger partial charge in [0.25, 0.3) is 23.6 Å². The largest absolute Gasteiger partial charge is 0.493 e. The first-order chi connectivity index (χ1) is 38.1. The molecule has 2 aromatic rings. The minimum absolute atomic E-state index is 0.218. The second-order valence-corrected chi connectivity index (χ2v) is 23.0. The molecule has 6 N–H and O–H groups in total. The fraction of sp³-hybridized carbons (Fsp3) is 0.705. The number of hydrogen-bond donors (Lipinski definition) is 6. The van der Waals surface area contributed by atoms with Crippen LogP contribution in [0.2, 0.25) is 0 Å². The molecule has 0 aromatic heterocycles. The van der Waals surface area contributed by atoms with E-state index in [9.17, 15) is 28.8 Å². The lowest BCUT2D eigenvalue weighted by Gasteiger charge is -2.30. The van der Waals surface area contributed by atoms with Crippen molar-refractivity contribution in [1.82, 2.24) is 36.8 Å². The summed E-state index contributed by atoms with van der Waals surface area (Å²) in [6, 6.07) is 5.98. The standard InChI is InChI=1S/C61H101N7O12/c1-12-15-17-23-36-75-50-42-53(78-39-26-20-22-33-65-59(74)80-61(7,8)9)48(40-46(50)54(69)62-31-14-3)56(71)66-44-27-29-45(30-28-44)67-57(72)49-41-47(55(70)63-34-35-68(10)11)51(43-52(49)77-37-24-18-16-13-2)76-38-25-19-21-32-64-58(73)79-60(4,5)6/h40-45H,12-39H2,1-11H3,(H,62,69)(H,63,70)(H,64,73)(H,65,74)(H,66,71)(H,67,72). The van der Waals surface area contributed by atoms with Crippen LogP contribution in [-0.4, -0.2) is 137 Å². The fourth-order valence-corrected chi connectivity index (χ4v) is 8.64. The van der Waals surface area contributed by atoms with Crippen molar-refractivity contribution in [2.24, 2.45) is 0 Å². The highest BCUT2D eigenvalue weighted by molar-refractivity contribution is 6.04. The van der Waals surface area contributed by atoms with Crippen LogP contribution in [0, 0.1) is 0 Å². The van der Waals surface area contributed by atoms with E-state index in [1.807, 2.05) is 67.5 Å². The number of nitrogens with zero attached hydrogens (tertiary/aromatic N) is 1. The normalized spacial score (nSPS) is 14.3. The third-order valence-corrected chi connectivity index (χ3v) is 12.9. The number of rotatable bonds is 37. The van der Waals surface area contributed by atoms with E-state index in [1.165, 1.54) is 0 Å². The van der Waals surface area contributed by atoms with Gasteiger partial charge in [0.15, 0.2) is 0 Å². The lowest BCUT2D eigenvalue weighted by atomic mass is 9.90. The van der Waals surface area contributed by atoms with Crippen LogP contribution in [0.15, 0.2) is 24.3 Å². The lowest BCUT2D eigenvalue weighted by molar-refractivity contribution is 0.0515. The van der Waals surface area contributed by atoms with E-state index < -0.39 is 23.4 Å². The number of nitrogens with one attached hydrogen (secondary N) is 6. The van der Waals surface area contributed by atoms with Crippen LogP contribution in [0.5, 0.6) is 23.0 Å². The van der Waals surface area contributed by atoms with E-state index in [0.717, 1.165) is 70.6 Å². The van der Waals surface area contributed by atoms with Crippen LogP contribution in [0.4, 0.5) is 9.59 Å². The third kappa shape index (κ3) is 27.9. The Morgan fingerprint density at radius 2 is 0.762 bits per heavy atom. The quantitative estimate of drug-likeness (QED) is 0.0346. The minimum atomic E-state index is -0.586. The summed E-state index contributed by atoms with van der Waals surface area (Å²) >= 11 is 0. The topological polar surface area (TPSA) is 233 Å². The molecule has 19 nitrogen and oxygen atoms in total. The summed E-state index contributed by atoms with van der Waals surface area (Å²) < 4.78 is 35.8. The molecule has 6 amide bonds. The summed E-state index contributed by atoms with van der Waals surface area (Å²) in [5.41, 5.74) is -0.245. The Hall–Kier alpha value is -5.98. The van der Waals surface area contributed by atoms with Gasteiger partial charge in [-0.3, -0.25) is 19.2 Å². The molecule has 0 heterocycles. The summed E-state index contributed by atoms with van der Waals surface area (Å²) in [7, 11) is 3.84. The van der Waals surface area contributed by atoms with Gasteiger partial charge < -0.3 is 65.2 Å². The first-order valence-corrected chi connectivity index (χ1v) is 29.8. The highest BCUT2D eigenvalue weighted by Gasteiger charge is 2.29. The first kappa shape index (κ1) is 68.3. The zero-order chi connectivity index (χ0) is 58.9. The van der Waals surface area contributed by atoms with Crippen molar-refractivity contribution in [2.45, 2.75) is 208 Å². The molecule has 1 saturated carbocycles. The van der Waals surface area contributed by atoms with Gasteiger partial charge in [-0.2, -0.15) is 0 Å². The Kier molecular flexibility index (Phi) is 31.7. The predicted molar refractivity (Wildman–Crippen MR) is 314 cm³/mol. The fourth-order valence-electron chi connectivity index (χ4n) is 8.64. The Morgan fingerprint density at radius 1 is 0.425 bits per heavy atom. The third-order valence-electron chi connectivity index (χ3n) is 12.9. The lowest BCUT2D eigenvalue weighted by Crippen LogP contribution is -2.44. The van der Waals surface area contributed by atoms with Gasteiger partial charge in [-0.1, -0.05) is 59.3 Å². The van der Waals surface area contributed by atoms with Gasteiger partial charge in [0.1, 0.15) is 34.2 Å². The van der Waals surface area contributed by atoms with E-state index in [0.29, 0.717) is 127 Å². The smallest absolute Gasteiger partial charge is 0.407 e. The van der Waals surface area contributed by atoms with Crippen molar-refractivity contribution in [3.05, 3.63) is 46.5 Å². The molecule has 0 spiro atoms. The summed E-state index contributed by atoms with van der Waals surface area (Å²) in [5, 5.41) is 17.9. The van der Waals surface area contributed by atoms with Crippen molar-refractivity contribution in [3.8, 4) is 23.0 Å². The second kappa shape index (κ2) is 37.1. The number of benzene rings is 2. The van der Waals surface area contributed by atoms with Gasteiger partial charge >= 0.3 is 12.2 Å². The number of alkyl carbamates (subject to hydrolysis) is 2. The summed E-state index contributed by atoms with van der Waals surface area (Å²) in [4.78, 5) is 82.4. The molecule has 0 radical (unpaired) electrons. The molecule has 0 aliphatic heterocycles. The molecular formula is C61H101N7O12. The average molecular weight is 1120 g/mol. The number of hydrogen-bond acceptors (Lipinski definition) is 13. The maximum absolute atomic E-state index is 14.4. The van der Waals surface area contributed by atoms with Crippen molar-refractivity contribution < 1.29 is 57.2 Å². The second-order valence-electron chi connectivity index (χ2n) is 23.0. The van der Waals surface area contributed by atoms with Gasteiger partial charge in [-0.05, 0) is 151 Å². The average Bonchev–Trinajstić information content (AvgIpc) is 3.38. The summed E-state index contributed by atoms with van der Waals surface area (Å²) in [6.07, 6.45) is 14.1. The van der Waals surface area contributed by atoms with Gasteiger partial charge in [0.2, 0.25) is 0 Å². The highest BCUT2D eigenvalue weighted by atomic mass is 16.6. The van der Waals surface area contributed by atoms with Crippen LogP contribution < -0.4 is 50.8 Å². The number of unbranched alkanes of at least 4 members (excludes halogenated alkanes) is 10. The van der Waals surface area contributed by atoms with E-state index in [1.54, 1.807) is 24.3 Å². The van der Waals surface area contributed by atoms with Crippen molar-refractivity contribution >= 4 is 35.8 Å². The Morgan fingerprint density at radius 3 is 1.09 bits per heavy atom. The van der Waals surface area contributed by atoms with E-state index in [4.69, 9.17) is 28.4 Å². The number of likely N-dealkylation sites (N-methyl/N-ethyl adjacent to an activating group) is 1. The molecule has 1 fully saturated rings. The van der Waals surface area contributed by atoms with Crippen LogP contribution in [-0.2, 0) is 9.47 Å². The maximum atomic E-state index is 14.4. The highest BCUT2D eigenvalue weighted by Crippen LogP contribution is 2.33. The van der Waals surface area contributed by atoms with Gasteiger partial charge in [0, 0.05) is 56.9 Å². The molecular weight excluding hydrogens is 1020 g/mol. The molecule has 0 bridgehead atoms. The SMILES string of the molecule is CCCCCCOc1cc(OCCCCCNC(=O)OC(C)(C)C)c(C(=O)NC2CCC(NC(=O)c3cc(C(=O)NCCN(C)C)c(OCCCCCNC(=O)OC(C)(C)C)cc3OCCCCCC)CC2)cc1C(=O)NCCC. The molecule has 1 aliphatic rings. The van der Waals surface area contributed by atoms with Crippen LogP contribution in [0.25, 0.3) is 0 Å². The molecule has 452 valence electrons. The molecule has 0 saturated heterocycles. The number of ether oxygens (including phenoxy) is 6. The Balaban J connectivity index is 1.80.